The van der Waals surface area contributed by atoms with Gasteiger partial charge in [0.2, 0.25) is 0 Å². The molecule has 0 aromatic rings. The second kappa shape index (κ2) is 11.5. The van der Waals surface area contributed by atoms with Gasteiger partial charge in [-0.25, -0.2) is 9.59 Å². The molecule has 0 radical (unpaired) electrons. The maximum absolute atomic E-state index is 11.3. The van der Waals surface area contributed by atoms with Gasteiger partial charge in [-0.3, -0.25) is 5.32 Å². The molecular formula is C20H36N2O6. The zero-order valence-electron chi connectivity index (χ0n) is 18.3. The van der Waals surface area contributed by atoms with Crippen molar-refractivity contribution in [2.24, 2.45) is 5.92 Å². The molecule has 2 amide bonds. The molecule has 3 N–H and O–H groups in total. The number of ether oxygens (including phenoxy) is 2. The minimum absolute atomic E-state index is 0.206. The Balaban J connectivity index is 0. The lowest BCUT2D eigenvalue weighted by Gasteiger charge is -2.24. The van der Waals surface area contributed by atoms with Crippen molar-refractivity contribution in [3.05, 3.63) is 25.3 Å². The highest BCUT2D eigenvalue weighted by atomic mass is 16.6. The Morgan fingerprint density at radius 3 is 1.71 bits per heavy atom. The van der Waals surface area contributed by atoms with Crippen molar-refractivity contribution in [1.82, 2.24) is 10.6 Å². The van der Waals surface area contributed by atoms with Gasteiger partial charge in [-0.05, 0) is 48.5 Å². The van der Waals surface area contributed by atoms with Crippen LogP contribution >= 0.6 is 0 Å². The number of aliphatic hydroxyl groups excluding tert-OH is 1. The van der Waals surface area contributed by atoms with E-state index in [1.165, 1.54) is 13.0 Å². The maximum Gasteiger partial charge on any atom is 0.409 e. The average Bonchev–Trinajstić information content (AvgIpc) is 2.50. The largest absolute Gasteiger partial charge is 0.444 e. The molecule has 0 aliphatic carbocycles. The molecule has 0 aromatic carbocycles. The highest BCUT2D eigenvalue weighted by molar-refractivity contribution is 5.78. The standard InChI is InChI=1S/C10H17NO3.C10H19NO3/c1-6-10(5,7-12)11-8(13)14-9(2,3)4;1-6-7(2)8(12)11-9(13)14-10(3,4)5/h6-7H,1H2,2-5H3,(H,11,13);6-8,12H,1H2,2-5H3,(H,11,13)/t10-;7-,8?/m11/s1. The fourth-order valence-electron chi connectivity index (χ4n) is 1.34. The molecule has 0 saturated carbocycles. The van der Waals surface area contributed by atoms with Gasteiger partial charge in [0.05, 0.1) is 0 Å². The molecule has 8 nitrogen and oxygen atoms in total. The Morgan fingerprint density at radius 2 is 1.39 bits per heavy atom. The lowest BCUT2D eigenvalue weighted by Crippen LogP contribution is -2.47. The Morgan fingerprint density at radius 1 is 0.964 bits per heavy atom. The lowest BCUT2D eigenvalue weighted by molar-refractivity contribution is -0.111. The number of amides is 2. The van der Waals surface area contributed by atoms with E-state index in [9.17, 15) is 19.5 Å². The van der Waals surface area contributed by atoms with E-state index < -0.39 is 35.2 Å². The van der Waals surface area contributed by atoms with Crippen LogP contribution in [0.5, 0.6) is 0 Å². The number of rotatable bonds is 6. The highest BCUT2D eigenvalue weighted by Crippen LogP contribution is 2.09. The number of alkyl carbamates (subject to hydrolysis) is 2. The van der Waals surface area contributed by atoms with Gasteiger partial charge in [0.15, 0.2) is 0 Å². The third kappa shape index (κ3) is 14.8. The van der Waals surface area contributed by atoms with Crippen LogP contribution in [0.15, 0.2) is 25.3 Å². The molecule has 3 atom stereocenters. The van der Waals surface area contributed by atoms with Crippen molar-refractivity contribution in [3.63, 3.8) is 0 Å². The molecule has 0 spiro atoms. The molecule has 0 aliphatic heterocycles. The van der Waals surface area contributed by atoms with Crippen LogP contribution in [0.2, 0.25) is 0 Å². The summed E-state index contributed by atoms with van der Waals surface area (Å²) in [6.07, 6.45) is 1.30. The monoisotopic (exact) mass is 400 g/mol. The first-order valence-electron chi connectivity index (χ1n) is 8.90. The van der Waals surface area contributed by atoms with Gasteiger partial charge in [-0.15, -0.1) is 13.2 Å². The third-order valence-electron chi connectivity index (χ3n) is 2.97. The SMILES string of the molecule is C=C[C@@H](C)C(O)NC(=O)OC(C)(C)C.C=C[C@](C)(C=O)NC(=O)OC(C)(C)C. The van der Waals surface area contributed by atoms with Crippen molar-refractivity contribution in [3.8, 4) is 0 Å². The quantitative estimate of drug-likeness (QED) is 0.358. The molecule has 28 heavy (non-hydrogen) atoms. The first-order chi connectivity index (χ1) is 12.5. The van der Waals surface area contributed by atoms with Crippen molar-refractivity contribution >= 4 is 18.5 Å². The summed E-state index contributed by atoms with van der Waals surface area (Å²) in [4.78, 5) is 33.0. The molecule has 0 heterocycles. The zero-order valence-corrected chi connectivity index (χ0v) is 18.3. The Bertz CT molecular complexity index is 538. The second-order valence-electron chi connectivity index (χ2n) is 8.42. The normalized spacial score (nSPS) is 15.3. The summed E-state index contributed by atoms with van der Waals surface area (Å²) in [5.74, 6) is -0.206. The van der Waals surface area contributed by atoms with Crippen molar-refractivity contribution in [2.45, 2.75) is 78.4 Å². The molecular weight excluding hydrogens is 364 g/mol. The minimum atomic E-state index is -1.07. The van der Waals surface area contributed by atoms with Crippen LogP contribution < -0.4 is 10.6 Å². The molecule has 1 unspecified atom stereocenters. The highest BCUT2D eigenvalue weighted by Gasteiger charge is 2.25. The Kier molecular flexibility index (Phi) is 11.4. The molecule has 0 bridgehead atoms. The Labute approximate surface area is 168 Å². The number of aliphatic hydroxyl groups is 1. The number of carbonyl (C=O) groups excluding carboxylic acids is 3. The summed E-state index contributed by atoms with van der Waals surface area (Å²) >= 11 is 0. The summed E-state index contributed by atoms with van der Waals surface area (Å²) in [6, 6.07) is 0. The van der Waals surface area contributed by atoms with E-state index in [1.54, 1.807) is 54.5 Å². The fourth-order valence-corrected chi connectivity index (χ4v) is 1.34. The van der Waals surface area contributed by atoms with Crippen molar-refractivity contribution in [2.75, 3.05) is 0 Å². The first-order valence-corrected chi connectivity index (χ1v) is 8.90. The summed E-state index contributed by atoms with van der Waals surface area (Å²) in [7, 11) is 0. The van der Waals surface area contributed by atoms with Crippen LogP contribution in [0.1, 0.15) is 55.4 Å². The van der Waals surface area contributed by atoms with Crippen molar-refractivity contribution < 1.29 is 29.0 Å². The molecule has 162 valence electrons. The van der Waals surface area contributed by atoms with Gasteiger partial charge < -0.3 is 24.7 Å². The second-order valence-corrected chi connectivity index (χ2v) is 8.42. The summed E-state index contributed by atoms with van der Waals surface area (Å²) in [5.41, 5.74) is -2.20. The smallest absolute Gasteiger partial charge is 0.409 e. The van der Waals surface area contributed by atoms with Gasteiger partial charge >= 0.3 is 12.2 Å². The first kappa shape index (κ1) is 27.9. The summed E-state index contributed by atoms with van der Waals surface area (Å²) in [5, 5.41) is 14.1. The summed E-state index contributed by atoms with van der Waals surface area (Å²) < 4.78 is 9.94. The number of hydrogen-bond donors (Lipinski definition) is 3. The van der Waals surface area contributed by atoms with Crippen LogP contribution in [-0.2, 0) is 14.3 Å². The number of hydrogen-bond acceptors (Lipinski definition) is 6. The maximum atomic E-state index is 11.3. The van der Waals surface area contributed by atoms with Crippen LogP contribution in [0.25, 0.3) is 0 Å². The fraction of sp³-hybridized carbons (Fsp3) is 0.650. The van der Waals surface area contributed by atoms with Crippen LogP contribution in [0, 0.1) is 5.92 Å². The Hall–Kier alpha value is -2.35. The van der Waals surface area contributed by atoms with E-state index in [0.717, 1.165) is 0 Å². The third-order valence-corrected chi connectivity index (χ3v) is 2.97. The van der Waals surface area contributed by atoms with E-state index in [2.05, 4.69) is 23.8 Å². The molecule has 0 rings (SSSR count). The van der Waals surface area contributed by atoms with Gasteiger partial charge in [-0.2, -0.15) is 0 Å². The van der Waals surface area contributed by atoms with Crippen LogP contribution in [-0.4, -0.2) is 46.5 Å². The summed E-state index contributed by atoms with van der Waals surface area (Å²) in [6.45, 7) is 20.8. The molecule has 0 saturated heterocycles. The van der Waals surface area contributed by atoms with Gasteiger partial charge in [0.25, 0.3) is 0 Å². The number of nitrogens with one attached hydrogen (secondary N) is 2. The number of carbonyl (C=O) groups is 3. The van der Waals surface area contributed by atoms with Crippen LogP contribution in [0.3, 0.4) is 0 Å². The van der Waals surface area contributed by atoms with E-state index >= 15 is 0 Å². The van der Waals surface area contributed by atoms with Gasteiger partial charge in [-0.1, -0.05) is 19.1 Å². The molecule has 0 fully saturated rings. The van der Waals surface area contributed by atoms with E-state index in [0.29, 0.717) is 6.29 Å². The van der Waals surface area contributed by atoms with Gasteiger partial charge in [0.1, 0.15) is 29.3 Å². The minimum Gasteiger partial charge on any atom is -0.444 e. The lowest BCUT2D eigenvalue weighted by atomic mass is 10.1. The topological polar surface area (TPSA) is 114 Å². The van der Waals surface area contributed by atoms with Crippen molar-refractivity contribution in [1.29, 1.82) is 0 Å². The molecule has 8 heteroatoms. The average molecular weight is 401 g/mol. The van der Waals surface area contributed by atoms with E-state index in [1.807, 2.05) is 0 Å². The van der Waals surface area contributed by atoms with E-state index in [4.69, 9.17) is 9.47 Å². The van der Waals surface area contributed by atoms with E-state index in [-0.39, 0.29) is 5.92 Å². The predicted molar refractivity (Wildman–Crippen MR) is 109 cm³/mol. The number of aldehydes is 1. The predicted octanol–water partition coefficient (Wildman–Crippen LogP) is 3.31. The van der Waals surface area contributed by atoms with Crippen LogP contribution in [0.4, 0.5) is 9.59 Å². The molecule has 0 aliphatic rings. The molecule has 0 aromatic heterocycles. The van der Waals surface area contributed by atoms with Gasteiger partial charge in [0, 0.05) is 5.92 Å². The zero-order chi connectivity index (χ0) is 22.8.